The molecule has 28 heavy (non-hydrogen) atoms. The second kappa shape index (κ2) is 7.25. The van der Waals surface area contributed by atoms with Crippen LogP contribution in [-0.2, 0) is 6.18 Å². The summed E-state index contributed by atoms with van der Waals surface area (Å²) < 4.78 is 45.3. The SMILES string of the molecule is Cc1cn2nc(OCC3CCN(c4ccc(C(F)(F)F)nn4)CC3)ccc2n1. The molecule has 0 aliphatic carbocycles. The van der Waals surface area contributed by atoms with Crippen LogP contribution in [0.15, 0.2) is 30.5 Å². The van der Waals surface area contributed by atoms with E-state index in [9.17, 15) is 13.2 Å². The highest BCUT2D eigenvalue weighted by molar-refractivity contribution is 5.39. The summed E-state index contributed by atoms with van der Waals surface area (Å²) in [5.74, 6) is 1.36. The summed E-state index contributed by atoms with van der Waals surface area (Å²) in [5, 5.41) is 11.4. The number of aromatic nitrogens is 5. The van der Waals surface area contributed by atoms with E-state index in [-0.39, 0.29) is 0 Å². The van der Waals surface area contributed by atoms with E-state index in [2.05, 4.69) is 20.3 Å². The van der Waals surface area contributed by atoms with Crippen molar-refractivity contribution in [2.75, 3.05) is 24.6 Å². The van der Waals surface area contributed by atoms with Crippen molar-refractivity contribution in [3.8, 4) is 5.88 Å². The number of alkyl halides is 3. The number of anilines is 1. The number of fused-ring (bicyclic) bond motifs is 1. The maximum Gasteiger partial charge on any atom is 0.435 e. The lowest BCUT2D eigenvalue weighted by atomic mass is 9.98. The Morgan fingerprint density at radius 3 is 2.57 bits per heavy atom. The summed E-state index contributed by atoms with van der Waals surface area (Å²) in [6.45, 7) is 3.84. The fourth-order valence-corrected chi connectivity index (χ4v) is 3.24. The predicted molar refractivity (Wildman–Crippen MR) is 95.2 cm³/mol. The molecule has 10 heteroatoms. The van der Waals surface area contributed by atoms with Crippen LogP contribution in [0.2, 0.25) is 0 Å². The van der Waals surface area contributed by atoms with Gasteiger partial charge in [0.15, 0.2) is 17.2 Å². The topological polar surface area (TPSA) is 68.4 Å². The molecule has 0 spiro atoms. The molecular weight excluding hydrogens is 373 g/mol. The summed E-state index contributed by atoms with van der Waals surface area (Å²) in [6, 6.07) is 6.01. The summed E-state index contributed by atoms with van der Waals surface area (Å²) in [5.41, 5.74) is 0.691. The van der Waals surface area contributed by atoms with E-state index in [0.717, 1.165) is 30.2 Å². The zero-order chi connectivity index (χ0) is 19.7. The highest BCUT2D eigenvalue weighted by atomic mass is 19.4. The van der Waals surface area contributed by atoms with Crippen LogP contribution in [0.1, 0.15) is 24.2 Å². The van der Waals surface area contributed by atoms with E-state index in [4.69, 9.17) is 4.74 Å². The first kappa shape index (κ1) is 18.5. The average Bonchev–Trinajstić information content (AvgIpc) is 3.05. The number of ether oxygens (including phenoxy) is 1. The van der Waals surface area contributed by atoms with Crippen molar-refractivity contribution < 1.29 is 17.9 Å². The molecule has 0 N–H and O–H groups in total. The second-order valence-corrected chi connectivity index (χ2v) is 6.87. The van der Waals surface area contributed by atoms with Gasteiger partial charge in [0.25, 0.3) is 0 Å². The van der Waals surface area contributed by atoms with E-state index in [1.165, 1.54) is 6.07 Å². The quantitative estimate of drug-likeness (QED) is 0.680. The molecule has 0 aromatic carbocycles. The molecule has 3 aromatic rings. The lowest BCUT2D eigenvalue weighted by Crippen LogP contribution is -2.36. The zero-order valence-electron chi connectivity index (χ0n) is 15.2. The highest BCUT2D eigenvalue weighted by Crippen LogP contribution is 2.28. The molecule has 4 rings (SSSR count). The van der Waals surface area contributed by atoms with E-state index < -0.39 is 11.9 Å². The molecule has 148 valence electrons. The third-order valence-electron chi connectivity index (χ3n) is 4.76. The number of hydrogen-bond donors (Lipinski definition) is 0. The van der Waals surface area contributed by atoms with Gasteiger partial charge in [0.05, 0.1) is 18.5 Å². The van der Waals surface area contributed by atoms with Gasteiger partial charge in [-0.3, -0.25) is 0 Å². The minimum Gasteiger partial charge on any atom is -0.476 e. The van der Waals surface area contributed by atoms with E-state index in [0.29, 0.717) is 37.3 Å². The minimum atomic E-state index is -4.47. The van der Waals surface area contributed by atoms with Crippen LogP contribution in [0, 0.1) is 12.8 Å². The number of halogens is 3. The number of hydrogen-bond acceptors (Lipinski definition) is 6. The van der Waals surface area contributed by atoms with Gasteiger partial charge in [0.1, 0.15) is 0 Å². The Kier molecular flexibility index (Phi) is 4.78. The average molecular weight is 392 g/mol. The smallest absolute Gasteiger partial charge is 0.435 e. The molecule has 3 aromatic heterocycles. The Morgan fingerprint density at radius 2 is 1.89 bits per heavy atom. The number of nitrogens with zero attached hydrogens (tertiary/aromatic N) is 6. The van der Waals surface area contributed by atoms with Crippen LogP contribution in [0.3, 0.4) is 0 Å². The van der Waals surface area contributed by atoms with Gasteiger partial charge < -0.3 is 9.64 Å². The van der Waals surface area contributed by atoms with Gasteiger partial charge in [0, 0.05) is 19.2 Å². The molecule has 1 fully saturated rings. The van der Waals surface area contributed by atoms with E-state index in [1.807, 2.05) is 24.1 Å². The van der Waals surface area contributed by atoms with Crippen LogP contribution >= 0.6 is 0 Å². The Bertz CT molecular complexity index is 948. The number of imidazole rings is 1. The van der Waals surface area contributed by atoms with Gasteiger partial charge in [-0.2, -0.15) is 13.2 Å². The van der Waals surface area contributed by atoms with Crippen LogP contribution in [0.5, 0.6) is 5.88 Å². The van der Waals surface area contributed by atoms with Crippen LogP contribution in [0.4, 0.5) is 19.0 Å². The largest absolute Gasteiger partial charge is 0.476 e. The van der Waals surface area contributed by atoms with Gasteiger partial charge in [-0.25, -0.2) is 9.50 Å². The van der Waals surface area contributed by atoms with Crippen molar-refractivity contribution in [1.29, 1.82) is 0 Å². The number of rotatable bonds is 4. The summed E-state index contributed by atoms with van der Waals surface area (Å²) in [6.07, 6.45) is -0.918. The highest BCUT2D eigenvalue weighted by Gasteiger charge is 2.33. The van der Waals surface area contributed by atoms with E-state index >= 15 is 0 Å². The molecule has 1 saturated heterocycles. The lowest BCUT2D eigenvalue weighted by Gasteiger charge is -2.32. The molecule has 0 radical (unpaired) electrons. The number of aryl methyl sites for hydroxylation is 1. The lowest BCUT2D eigenvalue weighted by molar-refractivity contribution is -0.141. The van der Waals surface area contributed by atoms with Gasteiger partial charge in [-0.15, -0.1) is 15.3 Å². The fraction of sp³-hybridized carbons (Fsp3) is 0.444. The molecule has 1 aliphatic rings. The van der Waals surface area contributed by atoms with Crippen molar-refractivity contribution in [2.45, 2.75) is 25.9 Å². The van der Waals surface area contributed by atoms with Crippen molar-refractivity contribution in [3.63, 3.8) is 0 Å². The van der Waals surface area contributed by atoms with Crippen molar-refractivity contribution >= 4 is 11.5 Å². The fourth-order valence-electron chi connectivity index (χ4n) is 3.24. The maximum absolute atomic E-state index is 12.6. The first-order valence-corrected chi connectivity index (χ1v) is 9.00. The van der Waals surface area contributed by atoms with Crippen molar-refractivity contribution in [3.05, 3.63) is 41.9 Å². The molecule has 1 aliphatic heterocycles. The predicted octanol–water partition coefficient (Wildman–Crippen LogP) is 3.14. The van der Waals surface area contributed by atoms with Crippen LogP contribution < -0.4 is 9.64 Å². The monoisotopic (exact) mass is 392 g/mol. The van der Waals surface area contributed by atoms with Crippen molar-refractivity contribution in [2.24, 2.45) is 5.92 Å². The van der Waals surface area contributed by atoms with Gasteiger partial charge in [-0.1, -0.05) is 0 Å². The second-order valence-electron chi connectivity index (χ2n) is 6.87. The first-order valence-electron chi connectivity index (χ1n) is 9.00. The molecule has 0 bridgehead atoms. The molecule has 0 amide bonds. The zero-order valence-corrected chi connectivity index (χ0v) is 15.2. The minimum absolute atomic E-state index is 0.348. The number of piperidine rings is 1. The van der Waals surface area contributed by atoms with Gasteiger partial charge in [-0.05, 0) is 43.9 Å². The first-order chi connectivity index (χ1) is 13.4. The van der Waals surface area contributed by atoms with Gasteiger partial charge >= 0.3 is 6.18 Å². The summed E-state index contributed by atoms with van der Waals surface area (Å²) in [4.78, 5) is 6.27. The van der Waals surface area contributed by atoms with Crippen LogP contribution in [-0.4, -0.2) is 44.5 Å². The van der Waals surface area contributed by atoms with E-state index in [1.54, 1.807) is 10.6 Å². The Balaban J connectivity index is 1.30. The summed E-state index contributed by atoms with van der Waals surface area (Å²) in [7, 11) is 0. The summed E-state index contributed by atoms with van der Waals surface area (Å²) >= 11 is 0. The molecule has 0 atom stereocenters. The van der Waals surface area contributed by atoms with Gasteiger partial charge in [0.2, 0.25) is 5.88 Å². The molecule has 0 unspecified atom stereocenters. The Morgan fingerprint density at radius 1 is 1.11 bits per heavy atom. The third-order valence-corrected chi connectivity index (χ3v) is 4.76. The normalized spacial score (nSPS) is 15.9. The van der Waals surface area contributed by atoms with Crippen LogP contribution in [0.25, 0.3) is 5.65 Å². The molecule has 7 nitrogen and oxygen atoms in total. The molecule has 0 saturated carbocycles. The Hall–Kier alpha value is -2.91. The standard InChI is InChI=1S/C18H19F3N6O/c1-12-10-27-15(22-12)4-5-17(25-27)28-11-13-6-8-26(9-7-13)16-3-2-14(23-24-16)18(19,20)21/h2-5,10,13H,6-9,11H2,1H3. The maximum atomic E-state index is 12.6. The van der Waals surface area contributed by atoms with Crippen molar-refractivity contribution in [1.82, 2.24) is 24.8 Å². The third kappa shape index (κ3) is 4.00. The Labute approximate surface area is 159 Å². The molecule has 4 heterocycles. The molecular formula is C18H19F3N6O.